The molecule has 5 nitrogen and oxygen atoms in total. The first-order valence-corrected chi connectivity index (χ1v) is 8.08. The summed E-state index contributed by atoms with van der Waals surface area (Å²) in [5, 5.41) is 9.79. The van der Waals surface area contributed by atoms with Gasteiger partial charge >= 0.3 is 5.97 Å². The summed E-state index contributed by atoms with van der Waals surface area (Å²) >= 11 is 0. The van der Waals surface area contributed by atoms with Gasteiger partial charge in [0.05, 0.1) is 7.11 Å². The second-order valence-corrected chi connectivity index (χ2v) is 5.99. The van der Waals surface area contributed by atoms with Crippen LogP contribution < -0.4 is 14.2 Å². The van der Waals surface area contributed by atoms with Crippen LogP contribution in [0.4, 0.5) is 4.39 Å². The third kappa shape index (κ3) is 4.95. The Hall–Kier alpha value is -3.12. The summed E-state index contributed by atoms with van der Waals surface area (Å²) in [6.07, 6.45) is -1.18. The lowest BCUT2D eigenvalue weighted by Crippen LogP contribution is -2.16. The zero-order valence-electron chi connectivity index (χ0n) is 15.4. The second-order valence-electron chi connectivity index (χ2n) is 5.99. The molecule has 1 N–H and O–H groups in total. The average molecular weight is 372 g/mol. The molecule has 142 valence electrons. The lowest BCUT2D eigenvalue weighted by Gasteiger charge is -2.16. The molecule has 2 aromatic carbocycles. The SMILES string of the molecule is C=C(C)C(=O)Oc1ccc(-c2ccc(OC(O)C(=C)C)c(OC)c2)c(F)c1. The molecule has 27 heavy (non-hydrogen) atoms. The van der Waals surface area contributed by atoms with Crippen LogP contribution >= 0.6 is 0 Å². The van der Waals surface area contributed by atoms with Crippen LogP contribution in [0.3, 0.4) is 0 Å². The van der Waals surface area contributed by atoms with E-state index in [1.54, 1.807) is 25.1 Å². The third-order valence-electron chi connectivity index (χ3n) is 3.63. The predicted molar refractivity (Wildman–Crippen MR) is 100 cm³/mol. The van der Waals surface area contributed by atoms with E-state index in [1.807, 2.05) is 0 Å². The quantitative estimate of drug-likeness (QED) is 0.259. The Balaban J connectivity index is 2.31. The summed E-state index contributed by atoms with van der Waals surface area (Å²) in [6.45, 7) is 10.2. The van der Waals surface area contributed by atoms with Crippen molar-refractivity contribution in [3.8, 4) is 28.4 Å². The topological polar surface area (TPSA) is 65.0 Å². The third-order valence-corrected chi connectivity index (χ3v) is 3.63. The fraction of sp³-hybridized carbons (Fsp3) is 0.190. The van der Waals surface area contributed by atoms with Gasteiger partial charge in [0, 0.05) is 17.2 Å². The Morgan fingerprint density at radius 3 is 2.37 bits per heavy atom. The van der Waals surface area contributed by atoms with E-state index in [9.17, 15) is 14.3 Å². The van der Waals surface area contributed by atoms with Crippen LogP contribution in [-0.4, -0.2) is 24.5 Å². The highest BCUT2D eigenvalue weighted by molar-refractivity contribution is 5.88. The van der Waals surface area contributed by atoms with Gasteiger partial charge in [-0.1, -0.05) is 19.2 Å². The molecule has 1 atom stereocenters. The van der Waals surface area contributed by atoms with Gasteiger partial charge in [0.1, 0.15) is 11.6 Å². The number of ether oxygens (including phenoxy) is 3. The van der Waals surface area contributed by atoms with Gasteiger partial charge in [0.15, 0.2) is 11.5 Å². The average Bonchev–Trinajstić information content (AvgIpc) is 2.62. The zero-order chi connectivity index (χ0) is 20.1. The summed E-state index contributed by atoms with van der Waals surface area (Å²) in [7, 11) is 1.44. The van der Waals surface area contributed by atoms with Crippen LogP contribution in [-0.2, 0) is 4.79 Å². The molecule has 2 aromatic rings. The number of benzene rings is 2. The molecule has 0 aromatic heterocycles. The Kier molecular flexibility index (Phi) is 6.36. The minimum atomic E-state index is -1.18. The lowest BCUT2D eigenvalue weighted by atomic mass is 10.0. The number of methoxy groups -OCH3 is 1. The maximum Gasteiger partial charge on any atom is 0.338 e. The van der Waals surface area contributed by atoms with Crippen molar-refractivity contribution in [2.45, 2.75) is 20.1 Å². The minimum Gasteiger partial charge on any atom is -0.493 e. The summed E-state index contributed by atoms with van der Waals surface area (Å²) in [5.41, 5.74) is 1.47. The monoisotopic (exact) mass is 372 g/mol. The van der Waals surface area contributed by atoms with Gasteiger partial charge in [-0.05, 0) is 49.2 Å². The molecule has 0 bridgehead atoms. The van der Waals surface area contributed by atoms with Crippen molar-refractivity contribution in [3.05, 3.63) is 66.5 Å². The van der Waals surface area contributed by atoms with Crippen molar-refractivity contribution in [3.63, 3.8) is 0 Å². The van der Waals surface area contributed by atoms with Crippen LogP contribution in [0.2, 0.25) is 0 Å². The van der Waals surface area contributed by atoms with Gasteiger partial charge in [-0.25, -0.2) is 9.18 Å². The van der Waals surface area contributed by atoms with E-state index in [1.165, 1.54) is 26.2 Å². The highest BCUT2D eigenvalue weighted by Gasteiger charge is 2.15. The van der Waals surface area contributed by atoms with Gasteiger partial charge in [-0.2, -0.15) is 0 Å². The number of aliphatic hydroxyl groups excluding tert-OH is 1. The molecule has 0 saturated carbocycles. The van der Waals surface area contributed by atoms with Crippen LogP contribution in [0.25, 0.3) is 11.1 Å². The van der Waals surface area contributed by atoms with Crippen LogP contribution in [0.15, 0.2) is 60.7 Å². The molecule has 1 unspecified atom stereocenters. The molecule has 0 fully saturated rings. The number of carbonyl (C=O) groups is 1. The summed E-state index contributed by atoms with van der Waals surface area (Å²) in [5.74, 6) is -0.490. The van der Waals surface area contributed by atoms with E-state index in [-0.39, 0.29) is 16.9 Å². The van der Waals surface area contributed by atoms with Gasteiger partial charge in [-0.3, -0.25) is 0 Å². The van der Waals surface area contributed by atoms with Crippen molar-refractivity contribution < 1.29 is 28.5 Å². The molecule has 0 aliphatic heterocycles. The first kappa shape index (κ1) is 20.2. The van der Waals surface area contributed by atoms with Crippen LogP contribution in [0.1, 0.15) is 13.8 Å². The number of carbonyl (C=O) groups excluding carboxylic acids is 1. The Labute approximate surface area is 157 Å². The molecule has 2 rings (SSSR count). The van der Waals surface area contributed by atoms with E-state index in [2.05, 4.69) is 13.2 Å². The molecule has 0 amide bonds. The molecule has 0 spiro atoms. The van der Waals surface area contributed by atoms with Crippen molar-refractivity contribution >= 4 is 5.97 Å². The van der Waals surface area contributed by atoms with E-state index in [4.69, 9.17) is 14.2 Å². The normalized spacial score (nSPS) is 11.4. The number of esters is 1. The molecule has 0 aliphatic rings. The molecule has 0 radical (unpaired) electrons. The second kappa shape index (κ2) is 8.51. The largest absolute Gasteiger partial charge is 0.493 e. The summed E-state index contributed by atoms with van der Waals surface area (Å²) in [4.78, 5) is 11.5. The molecule has 0 saturated heterocycles. The van der Waals surface area contributed by atoms with Crippen LogP contribution in [0, 0.1) is 5.82 Å². The van der Waals surface area contributed by atoms with Gasteiger partial charge < -0.3 is 19.3 Å². The van der Waals surface area contributed by atoms with E-state index < -0.39 is 18.1 Å². The molecular weight excluding hydrogens is 351 g/mol. The minimum absolute atomic E-state index is 0.0840. The van der Waals surface area contributed by atoms with Crippen molar-refractivity contribution in [1.82, 2.24) is 0 Å². The number of halogens is 1. The summed E-state index contributed by atoms with van der Waals surface area (Å²) < 4.78 is 30.2. The van der Waals surface area contributed by atoms with Crippen molar-refractivity contribution in [2.75, 3.05) is 7.11 Å². The standard InChI is InChI=1S/C21H21FO5/c1-12(2)20(23)26-15-7-8-16(17(22)11-15)14-6-9-18(19(10-14)25-5)27-21(24)13(3)4/h6-11,21,24H,1,3H2,2,4-5H3. The highest BCUT2D eigenvalue weighted by atomic mass is 19.1. The van der Waals surface area contributed by atoms with Crippen LogP contribution in [0.5, 0.6) is 17.2 Å². The smallest absolute Gasteiger partial charge is 0.338 e. The molecule has 6 heteroatoms. The Morgan fingerprint density at radius 2 is 1.81 bits per heavy atom. The highest BCUT2D eigenvalue weighted by Crippen LogP contribution is 2.35. The summed E-state index contributed by atoms with van der Waals surface area (Å²) in [6, 6.07) is 8.88. The van der Waals surface area contributed by atoms with Crippen molar-refractivity contribution in [1.29, 1.82) is 0 Å². The zero-order valence-corrected chi connectivity index (χ0v) is 15.4. The maximum atomic E-state index is 14.5. The molecule has 0 aliphatic carbocycles. The maximum absolute atomic E-state index is 14.5. The lowest BCUT2D eigenvalue weighted by molar-refractivity contribution is -0.130. The van der Waals surface area contributed by atoms with Crippen molar-refractivity contribution in [2.24, 2.45) is 0 Å². The van der Waals surface area contributed by atoms with E-state index in [0.717, 1.165) is 6.07 Å². The Bertz CT molecular complexity index is 888. The van der Waals surface area contributed by atoms with E-state index in [0.29, 0.717) is 22.6 Å². The molecule has 0 heterocycles. The number of aliphatic hydroxyl groups is 1. The predicted octanol–water partition coefficient (Wildman–Crippen LogP) is 4.26. The first-order chi connectivity index (χ1) is 12.7. The van der Waals surface area contributed by atoms with Gasteiger partial charge in [-0.15, -0.1) is 0 Å². The molecular formula is C21H21FO5. The fourth-order valence-electron chi connectivity index (χ4n) is 2.14. The fourth-order valence-corrected chi connectivity index (χ4v) is 2.14. The Morgan fingerprint density at radius 1 is 1.11 bits per heavy atom. The van der Waals surface area contributed by atoms with E-state index >= 15 is 0 Å². The van der Waals surface area contributed by atoms with Gasteiger partial charge in [0.25, 0.3) is 0 Å². The number of hydrogen-bond donors (Lipinski definition) is 1. The number of hydrogen-bond acceptors (Lipinski definition) is 5. The first-order valence-electron chi connectivity index (χ1n) is 8.08. The number of rotatable bonds is 7. The van der Waals surface area contributed by atoms with Gasteiger partial charge in [0.2, 0.25) is 6.29 Å².